The summed E-state index contributed by atoms with van der Waals surface area (Å²) in [6, 6.07) is -0.142. The van der Waals surface area contributed by atoms with Crippen LogP contribution in [0.15, 0.2) is 28.6 Å². The van der Waals surface area contributed by atoms with Crippen LogP contribution in [0.4, 0.5) is 5.69 Å². The molecule has 0 bridgehead atoms. The SMILES string of the molecule is CCn1ncc2c(NC3CCOC(=O)C3)c(-c3nc(CNC(=O)C4=CCOC4=O)no3)cnc21. The summed E-state index contributed by atoms with van der Waals surface area (Å²) in [5.41, 5.74) is 1.83. The van der Waals surface area contributed by atoms with Gasteiger partial charge in [-0.1, -0.05) is 5.16 Å². The number of aryl methyl sites for hydroxylation is 1. The van der Waals surface area contributed by atoms with E-state index in [1.807, 2.05) is 6.92 Å². The first-order chi connectivity index (χ1) is 16.5. The molecule has 5 rings (SSSR count). The highest BCUT2D eigenvalue weighted by Gasteiger charge is 2.26. The van der Waals surface area contributed by atoms with E-state index in [-0.39, 0.29) is 48.9 Å². The highest BCUT2D eigenvalue weighted by atomic mass is 16.5. The zero-order valence-corrected chi connectivity index (χ0v) is 18.2. The third-order valence-electron chi connectivity index (χ3n) is 5.53. The van der Waals surface area contributed by atoms with Crippen LogP contribution in [0.2, 0.25) is 0 Å². The molecule has 2 aliphatic rings. The Hall–Kier alpha value is -4.29. The second kappa shape index (κ2) is 8.92. The van der Waals surface area contributed by atoms with Gasteiger partial charge in [0.2, 0.25) is 0 Å². The number of esters is 2. The number of pyridine rings is 1. The fourth-order valence-electron chi connectivity index (χ4n) is 3.82. The van der Waals surface area contributed by atoms with Crippen molar-refractivity contribution in [2.45, 2.75) is 38.9 Å². The fraction of sp³-hybridized carbons (Fsp3) is 0.381. The van der Waals surface area contributed by atoms with Crippen molar-refractivity contribution in [3.05, 3.63) is 29.9 Å². The predicted octanol–water partition coefficient (Wildman–Crippen LogP) is 0.718. The summed E-state index contributed by atoms with van der Waals surface area (Å²) in [4.78, 5) is 44.3. The molecule has 1 amide bonds. The number of cyclic esters (lactones) is 2. The van der Waals surface area contributed by atoms with Gasteiger partial charge in [0.1, 0.15) is 12.2 Å². The van der Waals surface area contributed by atoms with E-state index in [4.69, 9.17) is 14.0 Å². The number of hydrogen-bond acceptors (Lipinski definition) is 11. The maximum absolute atomic E-state index is 12.2. The molecule has 13 heteroatoms. The third kappa shape index (κ3) is 4.07. The number of nitrogens with zero attached hydrogens (tertiary/aromatic N) is 5. The summed E-state index contributed by atoms with van der Waals surface area (Å²) < 4.78 is 17.0. The molecule has 0 aromatic carbocycles. The Labute approximate surface area is 192 Å². The predicted molar refractivity (Wildman–Crippen MR) is 115 cm³/mol. The number of ether oxygens (including phenoxy) is 2. The van der Waals surface area contributed by atoms with E-state index < -0.39 is 11.9 Å². The lowest BCUT2D eigenvalue weighted by Gasteiger charge is -2.24. The summed E-state index contributed by atoms with van der Waals surface area (Å²) in [6.45, 7) is 2.97. The minimum atomic E-state index is -0.666. The van der Waals surface area contributed by atoms with Gasteiger partial charge in [-0.15, -0.1) is 0 Å². The molecule has 0 aliphatic carbocycles. The highest BCUT2D eigenvalue weighted by Crippen LogP contribution is 2.34. The van der Waals surface area contributed by atoms with E-state index in [2.05, 4.69) is 30.9 Å². The molecule has 176 valence electrons. The second-order valence-electron chi connectivity index (χ2n) is 7.71. The highest BCUT2D eigenvalue weighted by molar-refractivity contribution is 6.17. The molecule has 0 radical (unpaired) electrons. The second-order valence-corrected chi connectivity index (χ2v) is 7.71. The van der Waals surface area contributed by atoms with Crippen LogP contribution in [0.1, 0.15) is 25.6 Å². The lowest BCUT2D eigenvalue weighted by atomic mass is 10.1. The zero-order chi connectivity index (χ0) is 23.7. The number of carbonyl (C=O) groups is 3. The summed E-state index contributed by atoms with van der Waals surface area (Å²) in [6.07, 6.45) is 5.59. The molecule has 1 saturated heterocycles. The van der Waals surface area contributed by atoms with Gasteiger partial charge in [0.05, 0.1) is 42.4 Å². The number of rotatable bonds is 7. The van der Waals surface area contributed by atoms with Crippen molar-refractivity contribution < 1.29 is 28.4 Å². The van der Waals surface area contributed by atoms with Crippen LogP contribution < -0.4 is 10.6 Å². The number of aromatic nitrogens is 5. The van der Waals surface area contributed by atoms with Crippen molar-refractivity contribution in [2.24, 2.45) is 0 Å². The van der Waals surface area contributed by atoms with Crippen LogP contribution in [0.5, 0.6) is 0 Å². The molecule has 3 aromatic rings. The van der Waals surface area contributed by atoms with Gasteiger partial charge >= 0.3 is 11.9 Å². The monoisotopic (exact) mass is 467 g/mol. The van der Waals surface area contributed by atoms with Gasteiger partial charge in [0, 0.05) is 25.2 Å². The molecule has 0 spiro atoms. The Morgan fingerprint density at radius 1 is 1.26 bits per heavy atom. The van der Waals surface area contributed by atoms with E-state index >= 15 is 0 Å². The minimum absolute atomic E-state index is 0.0480. The number of anilines is 1. The van der Waals surface area contributed by atoms with Gasteiger partial charge in [0.15, 0.2) is 11.5 Å². The Bertz CT molecular complexity index is 1310. The first-order valence-electron chi connectivity index (χ1n) is 10.8. The molecule has 1 atom stereocenters. The van der Waals surface area contributed by atoms with Crippen molar-refractivity contribution in [3.8, 4) is 11.5 Å². The Kier molecular flexibility index (Phi) is 5.65. The van der Waals surface area contributed by atoms with Crippen molar-refractivity contribution in [2.75, 3.05) is 18.5 Å². The van der Waals surface area contributed by atoms with E-state index in [0.717, 1.165) is 5.39 Å². The average Bonchev–Trinajstić information content (AvgIpc) is 3.57. The van der Waals surface area contributed by atoms with E-state index in [9.17, 15) is 14.4 Å². The molecule has 2 N–H and O–H groups in total. The Balaban J connectivity index is 1.41. The molecule has 1 unspecified atom stereocenters. The molecule has 2 aliphatic heterocycles. The summed E-state index contributed by atoms with van der Waals surface area (Å²) in [7, 11) is 0. The average molecular weight is 467 g/mol. The molecular weight excluding hydrogens is 446 g/mol. The maximum atomic E-state index is 12.2. The normalized spacial score (nSPS) is 17.9. The molecular formula is C21H21N7O6. The van der Waals surface area contributed by atoms with Crippen LogP contribution in [-0.4, -0.2) is 62.0 Å². The number of amides is 1. The summed E-state index contributed by atoms with van der Waals surface area (Å²) >= 11 is 0. The minimum Gasteiger partial charge on any atom is -0.466 e. The van der Waals surface area contributed by atoms with E-state index in [0.29, 0.717) is 36.5 Å². The van der Waals surface area contributed by atoms with Crippen LogP contribution in [0, 0.1) is 0 Å². The standard InChI is InChI=1S/C21H21N7O6/c1-2-28-18-13(9-24-28)17(25-11-3-5-32-16(29)7-11)14(8-22-18)20-26-15(27-34-20)10-23-19(30)12-4-6-33-21(12)31/h4,8-9,11H,2-3,5-7,10H2,1H3,(H,22,25)(H,23,30). The Morgan fingerprint density at radius 3 is 2.91 bits per heavy atom. The van der Waals surface area contributed by atoms with Gasteiger partial charge < -0.3 is 24.6 Å². The maximum Gasteiger partial charge on any atom is 0.343 e. The molecule has 34 heavy (non-hydrogen) atoms. The van der Waals surface area contributed by atoms with Gasteiger partial charge in [-0.05, 0) is 13.0 Å². The lowest BCUT2D eigenvalue weighted by Crippen LogP contribution is -2.31. The lowest BCUT2D eigenvalue weighted by molar-refractivity contribution is -0.147. The van der Waals surface area contributed by atoms with Gasteiger partial charge in [-0.3, -0.25) is 9.59 Å². The van der Waals surface area contributed by atoms with Gasteiger partial charge in [0.25, 0.3) is 11.8 Å². The first-order valence-corrected chi connectivity index (χ1v) is 10.8. The topological polar surface area (TPSA) is 163 Å². The summed E-state index contributed by atoms with van der Waals surface area (Å²) in [5, 5.41) is 15.0. The number of fused-ring (bicyclic) bond motifs is 1. The van der Waals surface area contributed by atoms with Crippen LogP contribution in [-0.2, 0) is 36.9 Å². The van der Waals surface area contributed by atoms with Gasteiger partial charge in [-0.25, -0.2) is 14.5 Å². The molecule has 5 heterocycles. The zero-order valence-electron chi connectivity index (χ0n) is 18.2. The molecule has 0 saturated carbocycles. The molecule has 3 aromatic heterocycles. The largest absolute Gasteiger partial charge is 0.466 e. The van der Waals surface area contributed by atoms with Crippen molar-refractivity contribution in [3.63, 3.8) is 0 Å². The van der Waals surface area contributed by atoms with E-state index in [1.54, 1.807) is 17.1 Å². The van der Waals surface area contributed by atoms with Crippen molar-refractivity contribution in [1.29, 1.82) is 0 Å². The summed E-state index contributed by atoms with van der Waals surface area (Å²) in [5.74, 6) is -1.11. The third-order valence-corrected chi connectivity index (χ3v) is 5.53. The number of hydrogen-bond donors (Lipinski definition) is 2. The number of nitrogens with one attached hydrogen (secondary N) is 2. The van der Waals surface area contributed by atoms with Crippen LogP contribution in [0.25, 0.3) is 22.5 Å². The van der Waals surface area contributed by atoms with Crippen LogP contribution >= 0.6 is 0 Å². The van der Waals surface area contributed by atoms with Crippen molar-refractivity contribution in [1.82, 2.24) is 30.2 Å². The van der Waals surface area contributed by atoms with Crippen LogP contribution in [0.3, 0.4) is 0 Å². The van der Waals surface area contributed by atoms with E-state index in [1.165, 1.54) is 6.08 Å². The molecule has 1 fully saturated rings. The van der Waals surface area contributed by atoms with Crippen molar-refractivity contribution >= 4 is 34.6 Å². The Morgan fingerprint density at radius 2 is 2.15 bits per heavy atom. The fourth-order valence-corrected chi connectivity index (χ4v) is 3.82. The number of carbonyl (C=O) groups excluding carboxylic acids is 3. The first kappa shape index (κ1) is 21.6. The smallest absolute Gasteiger partial charge is 0.343 e. The molecule has 13 nitrogen and oxygen atoms in total. The quantitative estimate of drug-likeness (QED) is 0.372. The van der Waals surface area contributed by atoms with Gasteiger partial charge in [-0.2, -0.15) is 10.1 Å².